The van der Waals surface area contributed by atoms with E-state index >= 15 is 0 Å². The van der Waals surface area contributed by atoms with Crippen molar-refractivity contribution in [3.63, 3.8) is 0 Å². The van der Waals surface area contributed by atoms with Crippen molar-refractivity contribution in [2.75, 3.05) is 62.8 Å². The lowest BCUT2D eigenvalue weighted by Gasteiger charge is -2.23. The predicted molar refractivity (Wildman–Crippen MR) is 167 cm³/mol. The predicted octanol–water partition coefficient (Wildman–Crippen LogP) is 4.33. The summed E-state index contributed by atoms with van der Waals surface area (Å²) in [5.41, 5.74) is 6.97. The normalized spacial score (nSPS) is 12.4. The number of alkyl carbamates (subject to hydrolysis) is 1. The number of allylic oxidation sites excluding steroid dienone is 1. The van der Waals surface area contributed by atoms with E-state index in [0.29, 0.717) is 30.0 Å². The van der Waals surface area contributed by atoms with Gasteiger partial charge in [0, 0.05) is 49.5 Å². The minimum atomic E-state index is -4.60. The second-order valence-corrected chi connectivity index (χ2v) is 10.3. The highest BCUT2D eigenvalue weighted by Gasteiger charge is 2.32. The standard InChI is InChI=1S/C28H37F3N8O3S/c1-18-7-8-19(13-24(18)39(33)17-21(32)9-10-34-26(43-6)36-27(41)42-5)25(40)35-22-14-20(28(29,30)31)15-23(16-22)38(4)12-11-37(2)3/h7-10,13-17H,11-12,32-33H2,1-6H3,(H,35,40)(H,34,36,41)/b10-9+,21-17-. The number of hydrogen-bond acceptors (Lipinski definition) is 10. The number of alkyl halides is 3. The molecule has 0 atom stereocenters. The van der Waals surface area contributed by atoms with E-state index in [-0.39, 0.29) is 22.1 Å². The number of aryl methyl sites for hydroxylation is 1. The van der Waals surface area contributed by atoms with Gasteiger partial charge in [0.2, 0.25) is 0 Å². The Morgan fingerprint density at radius 2 is 1.81 bits per heavy atom. The summed E-state index contributed by atoms with van der Waals surface area (Å²) in [7, 11) is 6.66. The molecule has 0 aromatic heterocycles. The van der Waals surface area contributed by atoms with Gasteiger partial charge < -0.3 is 25.6 Å². The molecule has 0 unspecified atom stereocenters. The van der Waals surface area contributed by atoms with E-state index < -0.39 is 23.7 Å². The molecule has 2 rings (SSSR count). The number of amides is 2. The molecule has 2 aromatic carbocycles. The van der Waals surface area contributed by atoms with E-state index in [9.17, 15) is 22.8 Å². The quantitative estimate of drug-likeness (QED) is 0.100. The molecule has 0 spiro atoms. The molecule has 2 aromatic rings. The fourth-order valence-electron chi connectivity index (χ4n) is 3.52. The van der Waals surface area contributed by atoms with Gasteiger partial charge in [-0.2, -0.15) is 13.2 Å². The summed E-state index contributed by atoms with van der Waals surface area (Å²) >= 11 is 1.18. The Morgan fingerprint density at radius 3 is 2.42 bits per heavy atom. The van der Waals surface area contributed by atoms with Crippen molar-refractivity contribution >= 4 is 46.0 Å². The molecule has 0 aliphatic carbocycles. The number of amidine groups is 1. The van der Waals surface area contributed by atoms with Gasteiger partial charge in [-0.1, -0.05) is 17.8 Å². The zero-order valence-electron chi connectivity index (χ0n) is 24.8. The number of thioether (sulfide) groups is 1. The molecule has 6 N–H and O–H groups in total. The van der Waals surface area contributed by atoms with Gasteiger partial charge in [-0.15, -0.1) is 0 Å². The van der Waals surface area contributed by atoms with Crippen LogP contribution in [0.15, 0.2) is 65.6 Å². The van der Waals surface area contributed by atoms with Crippen LogP contribution in [-0.4, -0.2) is 69.7 Å². The number of aliphatic imine (C=N–C) groups is 1. The lowest BCUT2D eigenvalue weighted by atomic mass is 10.1. The Bertz CT molecular complexity index is 1380. The summed E-state index contributed by atoms with van der Waals surface area (Å²) in [4.78, 5) is 32.2. The number of halogens is 3. The van der Waals surface area contributed by atoms with Crippen LogP contribution >= 0.6 is 11.8 Å². The zero-order valence-corrected chi connectivity index (χ0v) is 25.6. The maximum absolute atomic E-state index is 13.7. The number of rotatable bonds is 10. The van der Waals surface area contributed by atoms with Crippen molar-refractivity contribution in [2.45, 2.75) is 13.1 Å². The first-order valence-electron chi connectivity index (χ1n) is 12.8. The van der Waals surface area contributed by atoms with E-state index in [2.05, 4.69) is 20.4 Å². The van der Waals surface area contributed by atoms with Crippen LogP contribution in [0.1, 0.15) is 21.5 Å². The van der Waals surface area contributed by atoms with Gasteiger partial charge in [-0.3, -0.25) is 15.1 Å². The van der Waals surface area contributed by atoms with Gasteiger partial charge in [-0.05, 0) is 69.2 Å². The molecule has 0 aliphatic heterocycles. The first kappa shape index (κ1) is 35.0. The Labute approximate surface area is 253 Å². The van der Waals surface area contributed by atoms with Crippen molar-refractivity contribution in [2.24, 2.45) is 16.6 Å². The Balaban J connectivity index is 2.28. The topological polar surface area (TPSA) is 142 Å². The van der Waals surface area contributed by atoms with Crippen LogP contribution in [0, 0.1) is 6.92 Å². The second-order valence-electron chi connectivity index (χ2n) is 9.55. The third-order valence-corrected chi connectivity index (χ3v) is 6.50. The summed E-state index contributed by atoms with van der Waals surface area (Å²) in [6.45, 7) is 2.88. The van der Waals surface area contributed by atoms with Crippen LogP contribution in [0.25, 0.3) is 0 Å². The number of carbonyl (C=O) groups excluding carboxylic acids is 2. The molecular weight excluding hydrogens is 585 g/mol. The Kier molecular flexibility index (Phi) is 12.9. The van der Waals surface area contributed by atoms with Crippen LogP contribution in [0.4, 0.5) is 35.0 Å². The smallest absolute Gasteiger partial charge is 0.416 e. The van der Waals surface area contributed by atoms with Gasteiger partial charge >= 0.3 is 12.3 Å². The molecule has 234 valence electrons. The highest BCUT2D eigenvalue weighted by molar-refractivity contribution is 8.13. The summed E-state index contributed by atoms with van der Waals surface area (Å²) in [6, 6.07) is 8.14. The van der Waals surface area contributed by atoms with Crippen molar-refractivity contribution in [1.82, 2.24) is 10.2 Å². The van der Waals surface area contributed by atoms with Gasteiger partial charge in [-0.25, -0.2) is 15.6 Å². The van der Waals surface area contributed by atoms with Crippen LogP contribution < -0.4 is 32.1 Å². The molecule has 0 heterocycles. The maximum Gasteiger partial charge on any atom is 0.416 e. The molecule has 0 aliphatic rings. The number of nitrogens with zero attached hydrogens (tertiary/aromatic N) is 4. The lowest BCUT2D eigenvalue weighted by molar-refractivity contribution is -0.137. The van der Waals surface area contributed by atoms with E-state index in [1.807, 2.05) is 19.0 Å². The van der Waals surface area contributed by atoms with Crippen molar-refractivity contribution in [3.8, 4) is 0 Å². The molecule has 15 heteroatoms. The maximum atomic E-state index is 13.7. The average molecular weight is 623 g/mol. The van der Waals surface area contributed by atoms with Gasteiger partial charge in [0.25, 0.3) is 5.91 Å². The van der Waals surface area contributed by atoms with Crippen molar-refractivity contribution in [3.05, 3.63) is 77.3 Å². The molecule has 0 fully saturated rings. The fourth-order valence-corrected chi connectivity index (χ4v) is 3.87. The molecule has 0 bridgehead atoms. The fraction of sp³-hybridized carbons (Fsp3) is 0.321. The van der Waals surface area contributed by atoms with Crippen molar-refractivity contribution in [1.29, 1.82) is 0 Å². The van der Waals surface area contributed by atoms with Crippen LogP contribution in [0.2, 0.25) is 0 Å². The summed E-state index contributed by atoms with van der Waals surface area (Å²) < 4.78 is 45.5. The third kappa shape index (κ3) is 11.2. The number of benzene rings is 2. The number of methoxy groups -OCH3 is 1. The second kappa shape index (κ2) is 15.9. The largest absolute Gasteiger partial charge is 0.453 e. The van der Waals surface area contributed by atoms with E-state index in [1.54, 1.807) is 37.3 Å². The minimum absolute atomic E-state index is 0.000564. The van der Waals surface area contributed by atoms with Gasteiger partial charge in [0.05, 0.1) is 24.1 Å². The molecule has 11 nitrogen and oxygen atoms in total. The SMILES string of the molecule is COC(=O)NC(=N/C=C/C(N)=C/N(N)c1cc(C(=O)Nc2cc(N(C)CCN(C)C)cc(C(F)(F)F)c2)ccc1C)SC. The molecule has 0 radical (unpaired) electrons. The number of hydrazine groups is 1. The highest BCUT2D eigenvalue weighted by Crippen LogP contribution is 2.34. The summed E-state index contributed by atoms with van der Waals surface area (Å²) in [5, 5.41) is 6.50. The van der Waals surface area contributed by atoms with Gasteiger partial charge in [0.15, 0.2) is 5.17 Å². The van der Waals surface area contributed by atoms with Crippen LogP contribution in [0.3, 0.4) is 0 Å². The van der Waals surface area contributed by atoms with E-state index in [4.69, 9.17) is 11.6 Å². The molecule has 43 heavy (non-hydrogen) atoms. The molecule has 2 amide bonds. The van der Waals surface area contributed by atoms with Crippen molar-refractivity contribution < 1.29 is 27.5 Å². The lowest BCUT2D eigenvalue weighted by Crippen LogP contribution is -2.28. The molecule has 0 saturated carbocycles. The van der Waals surface area contributed by atoms with Crippen LogP contribution in [0.5, 0.6) is 0 Å². The summed E-state index contributed by atoms with van der Waals surface area (Å²) in [6.07, 6.45) is 0.646. The monoisotopic (exact) mass is 622 g/mol. The number of ether oxygens (including phenoxy) is 1. The van der Waals surface area contributed by atoms with E-state index in [1.165, 1.54) is 54.5 Å². The summed E-state index contributed by atoms with van der Waals surface area (Å²) in [5.74, 6) is 5.57. The van der Waals surface area contributed by atoms with Gasteiger partial charge in [0.1, 0.15) is 0 Å². The first-order chi connectivity index (χ1) is 20.1. The number of anilines is 3. The number of nitrogens with two attached hydrogens (primary N) is 2. The molecular formula is C28H37F3N8O3S. The Hall–Kier alpha value is -4.21. The van der Waals surface area contributed by atoms with Crippen LogP contribution in [-0.2, 0) is 10.9 Å². The number of carbonyl (C=O) groups is 2. The highest BCUT2D eigenvalue weighted by atomic mass is 32.2. The number of likely N-dealkylation sites (N-methyl/N-ethyl adjacent to an activating group) is 2. The zero-order chi connectivity index (χ0) is 32.3. The minimum Gasteiger partial charge on any atom is -0.453 e. The number of nitrogens with one attached hydrogen (secondary N) is 2. The Morgan fingerprint density at radius 1 is 1.12 bits per heavy atom. The average Bonchev–Trinajstić information content (AvgIpc) is 2.94. The number of hydrogen-bond donors (Lipinski definition) is 4. The first-order valence-corrected chi connectivity index (χ1v) is 14.0. The molecule has 0 saturated heterocycles. The third-order valence-electron chi connectivity index (χ3n) is 5.91. The van der Waals surface area contributed by atoms with E-state index in [0.717, 1.165) is 12.1 Å².